The van der Waals surface area contributed by atoms with E-state index in [0.717, 1.165) is 25.0 Å². The van der Waals surface area contributed by atoms with Crippen LogP contribution in [-0.2, 0) is 0 Å². The highest BCUT2D eigenvalue weighted by atomic mass is 32.2. The number of ether oxygens (including phenoxy) is 1. The Labute approximate surface area is 114 Å². The summed E-state index contributed by atoms with van der Waals surface area (Å²) in [5.74, 6) is 1.37. The molecule has 0 spiro atoms. The van der Waals surface area contributed by atoms with Gasteiger partial charge >= 0.3 is 6.36 Å². The molecule has 2 rings (SSSR count). The Balaban J connectivity index is 2.06. The third-order valence-electron chi connectivity index (χ3n) is 2.70. The molecule has 0 saturated carbocycles. The van der Waals surface area contributed by atoms with Crippen LogP contribution in [0.15, 0.2) is 18.3 Å². The Hall–Kier alpha value is -1.11. The molecule has 0 unspecified atom stereocenters. The van der Waals surface area contributed by atoms with Crippen molar-refractivity contribution < 1.29 is 17.9 Å². The Morgan fingerprint density at radius 1 is 1.37 bits per heavy atom. The van der Waals surface area contributed by atoms with E-state index >= 15 is 0 Å². The van der Waals surface area contributed by atoms with E-state index in [0.29, 0.717) is 5.82 Å². The second-order valence-electron chi connectivity index (χ2n) is 4.93. The smallest absolute Gasteiger partial charge is 0.404 e. The van der Waals surface area contributed by atoms with Gasteiger partial charge in [-0.3, -0.25) is 0 Å². The number of rotatable bonds is 2. The zero-order chi connectivity index (χ0) is 14.1. The number of aromatic nitrogens is 1. The Bertz CT molecular complexity index is 434. The molecule has 106 valence electrons. The third-order valence-corrected chi connectivity index (χ3v) is 4.00. The predicted octanol–water partition coefficient (Wildman–Crippen LogP) is 3.31. The summed E-state index contributed by atoms with van der Waals surface area (Å²) >= 11 is 1.89. The minimum absolute atomic E-state index is 0.126. The van der Waals surface area contributed by atoms with E-state index in [9.17, 15) is 13.2 Å². The van der Waals surface area contributed by atoms with Crippen LogP contribution in [0.5, 0.6) is 5.75 Å². The van der Waals surface area contributed by atoms with Gasteiger partial charge in [-0.2, -0.15) is 11.8 Å². The Morgan fingerprint density at radius 3 is 2.63 bits per heavy atom. The lowest BCUT2D eigenvalue weighted by Gasteiger charge is -2.38. The van der Waals surface area contributed by atoms with Gasteiger partial charge in [0.2, 0.25) is 0 Å². The second kappa shape index (κ2) is 5.11. The molecular weight excluding hydrogens is 277 g/mol. The van der Waals surface area contributed by atoms with E-state index in [1.165, 1.54) is 6.07 Å². The minimum atomic E-state index is -4.67. The van der Waals surface area contributed by atoms with E-state index in [1.54, 1.807) is 6.07 Å². The maximum Gasteiger partial charge on any atom is 0.573 e. The first-order valence-corrected chi connectivity index (χ1v) is 6.84. The van der Waals surface area contributed by atoms with Gasteiger partial charge in [-0.15, -0.1) is 13.2 Å². The summed E-state index contributed by atoms with van der Waals surface area (Å²) in [7, 11) is 0. The summed E-state index contributed by atoms with van der Waals surface area (Å²) in [5.41, 5.74) is 0. The fourth-order valence-corrected chi connectivity index (χ4v) is 3.08. The number of nitrogens with zero attached hydrogens (tertiary/aromatic N) is 2. The van der Waals surface area contributed by atoms with Crippen molar-refractivity contribution >= 4 is 17.6 Å². The number of anilines is 1. The van der Waals surface area contributed by atoms with Gasteiger partial charge in [0.1, 0.15) is 11.6 Å². The Morgan fingerprint density at radius 2 is 2.11 bits per heavy atom. The molecule has 1 aromatic rings. The molecule has 0 amide bonds. The number of halogens is 3. The lowest BCUT2D eigenvalue weighted by atomic mass is 10.2. The summed E-state index contributed by atoms with van der Waals surface area (Å²) in [6, 6.07) is 2.86. The number of thioether (sulfide) groups is 1. The summed E-state index contributed by atoms with van der Waals surface area (Å²) in [6.45, 7) is 5.96. The number of hydrogen-bond acceptors (Lipinski definition) is 4. The number of hydrogen-bond donors (Lipinski definition) is 0. The highest BCUT2D eigenvalue weighted by Crippen LogP contribution is 2.32. The maximum atomic E-state index is 12.0. The number of alkyl halides is 3. The largest absolute Gasteiger partial charge is 0.573 e. The van der Waals surface area contributed by atoms with Gasteiger partial charge in [-0.05, 0) is 26.0 Å². The highest BCUT2D eigenvalue weighted by molar-refractivity contribution is 8.00. The monoisotopic (exact) mass is 292 g/mol. The molecule has 7 heteroatoms. The standard InChI is InChI=1S/C12H15F3N2OS/c1-11(2)8-17(5-6-19-11)10-4-3-9(7-16-10)18-12(13,14)15/h3-4,7H,5-6,8H2,1-2H3. The van der Waals surface area contributed by atoms with Crippen molar-refractivity contribution in [3.63, 3.8) is 0 Å². The van der Waals surface area contributed by atoms with Gasteiger partial charge in [0.25, 0.3) is 0 Å². The van der Waals surface area contributed by atoms with Crippen LogP contribution in [0.25, 0.3) is 0 Å². The Kier molecular flexibility index (Phi) is 3.85. The lowest BCUT2D eigenvalue weighted by molar-refractivity contribution is -0.274. The average Bonchev–Trinajstić information content (AvgIpc) is 2.26. The van der Waals surface area contributed by atoms with Gasteiger partial charge in [0, 0.05) is 23.6 Å². The van der Waals surface area contributed by atoms with E-state index < -0.39 is 6.36 Å². The SMILES string of the molecule is CC1(C)CN(c2ccc(OC(F)(F)F)cn2)CCS1. The molecule has 0 atom stereocenters. The molecule has 1 aliphatic rings. The van der Waals surface area contributed by atoms with Gasteiger partial charge in [0.15, 0.2) is 0 Å². The van der Waals surface area contributed by atoms with Crippen molar-refractivity contribution in [1.29, 1.82) is 0 Å². The molecule has 0 N–H and O–H groups in total. The summed E-state index contributed by atoms with van der Waals surface area (Å²) in [6.07, 6.45) is -3.56. The first-order valence-electron chi connectivity index (χ1n) is 5.86. The van der Waals surface area contributed by atoms with E-state index in [4.69, 9.17) is 0 Å². The van der Waals surface area contributed by atoms with Crippen LogP contribution in [0.2, 0.25) is 0 Å². The first kappa shape index (κ1) is 14.3. The molecule has 1 aliphatic heterocycles. The minimum Gasteiger partial charge on any atom is -0.404 e. The van der Waals surface area contributed by atoms with Gasteiger partial charge in [0.05, 0.1) is 6.20 Å². The lowest BCUT2D eigenvalue weighted by Crippen LogP contribution is -2.43. The average molecular weight is 292 g/mol. The fraction of sp³-hybridized carbons (Fsp3) is 0.583. The molecule has 3 nitrogen and oxygen atoms in total. The molecule has 0 bridgehead atoms. The van der Waals surface area contributed by atoms with Crippen LogP contribution in [0, 0.1) is 0 Å². The van der Waals surface area contributed by atoms with E-state index in [1.807, 2.05) is 11.8 Å². The van der Waals surface area contributed by atoms with Gasteiger partial charge < -0.3 is 9.64 Å². The predicted molar refractivity (Wildman–Crippen MR) is 69.7 cm³/mol. The molecular formula is C12H15F3N2OS. The quantitative estimate of drug-likeness (QED) is 0.835. The normalized spacial score (nSPS) is 19.3. The third kappa shape index (κ3) is 4.19. The van der Waals surface area contributed by atoms with Crippen LogP contribution >= 0.6 is 11.8 Å². The van der Waals surface area contributed by atoms with Crippen molar-refractivity contribution in [2.45, 2.75) is 25.0 Å². The van der Waals surface area contributed by atoms with Crippen molar-refractivity contribution in [3.05, 3.63) is 18.3 Å². The van der Waals surface area contributed by atoms with Crippen molar-refractivity contribution in [3.8, 4) is 5.75 Å². The maximum absolute atomic E-state index is 12.0. The zero-order valence-electron chi connectivity index (χ0n) is 10.7. The van der Waals surface area contributed by atoms with Crippen molar-refractivity contribution in [1.82, 2.24) is 4.98 Å². The molecule has 0 aliphatic carbocycles. The molecule has 0 radical (unpaired) electrons. The van der Waals surface area contributed by atoms with Crippen molar-refractivity contribution in [2.75, 3.05) is 23.7 Å². The zero-order valence-corrected chi connectivity index (χ0v) is 11.5. The van der Waals surface area contributed by atoms with Crippen LogP contribution in [0.3, 0.4) is 0 Å². The van der Waals surface area contributed by atoms with Crippen molar-refractivity contribution in [2.24, 2.45) is 0 Å². The molecule has 1 fully saturated rings. The van der Waals surface area contributed by atoms with Gasteiger partial charge in [-0.1, -0.05) is 0 Å². The van der Waals surface area contributed by atoms with Crippen LogP contribution in [0.1, 0.15) is 13.8 Å². The van der Waals surface area contributed by atoms with Crippen LogP contribution in [-0.4, -0.2) is 34.9 Å². The second-order valence-corrected chi connectivity index (χ2v) is 6.73. The molecule has 0 aromatic carbocycles. The molecule has 1 saturated heterocycles. The van der Waals surface area contributed by atoms with Gasteiger partial charge in [-0.25, -0.2) is 4.98 Å². The number of pyridine rings is 1. The van der Waals surface area contributed by atoms with E-state index in [2.05, 4.69) is 28.5 Å². The molecule has 2 heterocycles. The fourth-order valence-electron chi connectivity index (χ4n) is 1.97. The van der Waals surface area contributed by atoms with Crippen LogP contribution < -0.4 is 9.64 Å². The summed E-state index contributed by atoms with van der Waals surface area (Å²) in [5, 5.41) is 0. The van der Waals surface area contributed by atoms with Crippen LogP contribution in [0.4, 0.5) is 19.0 Å². The molecule has 19 heavy (non-hydrogen) atoms. The summed E-state index contributed by atoms with van der Waals surface area (Å²) < 4.78 is 40.0. The summed E-state index contributed by atoms with van der Waals surface area (Å²) in [4.78, 5) is 6.12. The topological polar surface area (TPSA) is 25.4 Å². The first-order chi connectivity index (χ1) is 8.75. The van der Waals surface area contributed by atoms with E-state index in [-0.39, 0.29) is 10.5 Å². The highest BCUT2D eigenvalue weighted by Gasteiger charge is 2.31. The molecule has 1 aromatic heterocycles.